The summed E-state index contributed by atoms with van der Waals surface area (Å²) in [5.41, 5.74) is 4.68. The van der Waals surface area contributed by atoms with Crippen molar-refractivity contribution in [3.8, 4) is 0 Å². The zero-order valence-electron chi connectivity index (χ0n) is 14.7. The van der Waals surface area contributed by atoms with Crippen molar-refractivity contribution in [1.29, 1.82) is 0 Å². The Bertz CT molecular complexity index is 697. The summed E-state index contributed by atoms with van der Waals surface area (Å²) < 4.78 is 5.92. The van der Waals surface area contributed by atoms with Crippen molar-refractivity contribution in [3.63, 3.8) is 0 Å². The van der Waals surface area contributed by atoms with E-state index < -0.39 is 0 Å². The lowest BCUT2D eigenvalue weighted by molar-refractivity contribution is -0.00586. The summed E-state index contributed by atoms with van der Waals surface area (Å²) in [6.45, 7) is 10.9. The van der Waals surface area contributed by atoms with Gasteiger partial charge in [-0.3, -0.25) is 0 Å². The molecular weight excluding hydrogens is 320 g/mol. The zero-order valence-corrected chi connectivity index (χ0v) is 15.5. The van der Waals surface area contributed by atoms with Crippen molar-refractivity contribution in [2.75, 3.05) is 0 Å². The van der Waals surface area contributed by atoms with Crippen molar-refractivity contribution < 1.29 is 9.53 Å². The second kappa shape index (κ2) is 6.40. The predicted octanol–water partition coefficient (Wildman–Crippen LogP) is 5.97. The largest absolute Gasteiger partial charge is 0.458 e. The molecule has 0 amide bonds. The van der Waals surface area contributed by atoms with Gasteiger partial charge in [-0.15, -0.1) is 0 Å². The molecule has 0 aliphatic heterocycles. The highest BCUT2D eigenvalue weighted by Gasteiger charge is 2.41. The fraction of sp³-hybridized carbons (Fsp3) is 0.476. The molecule has 0 spiro atoms. The molecule has 1 aromatic rings. The van der Waals surface area contributed by atoms with E-state index in [1.165, 1.54) is 23.1 Å². The Hall–Kier alpha value is -1.54. The van der Waals surface area contributed by atoms with E-state index in [1.54, 1.807) is 24.3 Å². The van der Waals surface area contributed by atoms with Crippen LogP contribution in [0.4, 0.5) is 0 Å². The first-order valence-electron chi connectivity index (χ1n) is 8.60. The normalized spacial score (nSPS) is 26.1. The van der Waals surface area contributed by atoms with Gasteiger partial charge in [0.25, 0.3) is 0 Å². The Balaban J connectivity index is 1.82. The Morgan fingerprint density at radius 3 is 2.62 bits per heavy atom. The van der Waals surface area contributed by atoms with Gasteiger partial charge >= 0.3 is 5.97 Å². The maximum Gasteiger partial charge on any atom is 0.338 e. The smallest absolute Gasteiger partial charge is 0.338 e. The summed E-state index contributed by atoms with van der Waals surface area (Å²) in [5, 5.41) is 0.616. The van der Waals surface area contributed by atoms with Gasteiger partial charge in [-0.1, -0.05) is 48.7 Å². The van der Waals surface area contributed by atoms with Crippen LogP contribution >= 0.6 is 11.6 Å². The van der Waals surface area contributed by atoms with Gasteiger partial charge < -0.3 is 4.74 Å². The van der Waals surface area contributed by atoms with E-state index in [1.807, 2.05) is 0 Å². The topological polar surface area (TPSA) is 26.3 Å². The number of fused-ring (bicyclic) bond motifs is 1. The van der Waals surface area contributed by atoms with Crippen LogP contribution in [-0.4, -0.2) is 12.1 Å². The molecule has 1 saturated carbocycles. The summed E-state index contributed by atoms with van der Waals surface area (Å²) >= 11 is 5.89. The molecule has 24 heavy (non-hydrogen) atoms. The Morgan fingerprint density at radius 2 is 1.96 bits per heavy atom. The molecule has 2 aliphatic rings. The van der Waals surface area contributed by atoms with E-state index in [4.69, 9.17) is 16.3 Å². The first-order chi connectivity index (χ1) is 11.3. The van der Waals surface area contributed by atoms with Gasteiger partial charge in [0.2, 0.25) is 0 Å². The summed E-state index contributed by atoms with van der Waals surface area (Å²) in [6.07, 6.45) is 3.90. The average molecular weight is 345 g/mol. The maximum absolute atomic E-state index is 12.5. The fourth-order valence-corrected chi connectivity index (χ4v) is 4.09. The highest BCUT2D eigenvalue weighted by molar-refractivity contribution is 6.30. The van der Waals surface area contributed by atoms with Crippen molar-refractivity contribution in [3.05, 3.63) is 58.1 Å². The average Bonchev–Trinajstić information content (AvgIpc) is 2.83. The highest BCUT2D eigenvalue weighted by atomic mass is 35.5. The van der Waals surface area contributed by atoms with Gasteiger partial charge in [-0.05, 0) is 50.5 Å². The molecule has 2 atom stereocenters. The number of halogens is 1. The van der Waals surface area contributed by atoms with Gasteiger partial charge in [-0.2, -0.15) is 0 Å². The van der Waals surface area contributed by atoms with Crippen LogP contribution in [0.1, 0.15) is 56.8 Å². The molecule has 1 aromatic carbocycles. The summed E-state index contributed by atoms with van der Waals surface area (Å²) in [4.78, 5) is 12.5. The van der Waals surface area contributed by atoms with E-state index >= 15 is 0 Å². The van der Waals surface area contributed by atoms with Gasteiger partial charge in [0.15, 0.2) is 0 Å². The first-order valence-corrected chi connectivity index (χ1v) is 8.98. The number of esters is 1. The van der Waals surface area contributed by atoms with Crippen LogP contribution < -0.4 is 0 Å². The molecule has 2 nitrogen and oxygen atoms in total. The summed E-state index contributed by atoms with van der Waals surface area (Å²) in [6, 6.07) is 6.86. The molecule has 2 aliphatic carbocycles. The quantitative estimate of drug-likeness (QED) is 0.488. The number of allylic oxidation sites excluding steroid dienone is 2. The second-order valence-corrected chi connectivity index (χ2v) is 8.26. The second-order valence-electron chi connectivity index (χ2n) is 7.83. The first kappa shape index (κ1) is 17.3. The van der Waals surface area contributed by atoms with Crippen molar-refractivity contribution in [2.24, 2.45) is 11.3 Å². The van der Waals surface area contributed by atoms with Gasteiger partial charge in [0, 0.05) is 22.8 Å². The third-order valence-electron chi connectivity index (χ3n) is 5.56. The number of ether oxygens (including phenoxy) is 1. The number of rotatable bonds is 2. The molecule has 3 heteroatoms. The van der Waals surface area contributed by atoms with Crippen molar-refractivity contribution in [2.45, 2.75) is 52.6 Å². The molecule has 1 fully saturated rings. The minimum absolute atomic E-state index is 0.0965. The standard InChI is InChI=1S/C21H25ClO2/c1-13-5-10-17-14(2)11-19(21(3,4)12-18(13)17)24-20(23)15-6-8-16(22)9-7-15/h6-9,17,19H,2,5,10-12H2,1,3-4H3. The number of carbonyl (C=O) groups is 1. The Labute approximate surface area is 149 Å². The minimum Gasteiger partial charge on any atom is -0.458 e. The van der Waals surface area contributed by atoms with E-state index in [-0.39, 0.29) is 17.5 Å². The molecule has 0 aromatic heterocycles. The minimum atomic E-state index is -0.282. The predicted molar refractivity (Wildman–Crippen MR) is 98.2 cm³/mol. The molecule has 128 valence electrons. The number of carbonyl (C=O) groups excluding carboxylic acids is 1. The number of hydrogen-bond donors (Lipinski definition) is 0. The van der Waals surface area contributed by atoms with Crippen LogP contribution in [0.15, 0.2) is 47.6 Å². The third-order valence-corrected chi connectivity index (χ3v) is 5.82. The highest BCUT2D eigenvalue weighted by Crippen LogP contribution is 2.49. The van der Waals surface area contributed by atoms with Gasteiger partial charge in [-0.25, -0.2) is 4.79 Å². The van der Waals surface area contributed by atoms with Crippen LogP contribution in [0.2, 0.25) is 5.02 Å². The molecule has 0 radical (unpaired) electrons. The molecule has 0 N–H and O–H groups in total. The zero-order chi connectivity index (χ0) is 17.5. The number of hydrogen-bond acceptors (Lipinski definition) is 2. The molecule has 3 rings (SSSR count). The molecule has 0 heterocycles. The van der Waals surface area contributed by atoms with E-state index in [2.05, 4.69) is 27.4 Å². The summed E-state index contributed by atoms with van der Waals surface area (Å²) in [7, 11) is 0. The molecule has 2 unspecified atom stereocenters. The SMILES string of the molecule is C=C1CC(OC(=O)c2ccc(Cl)cc2)C(C)(C)CC2=C(C)CCC12. The van der Waals surface area contributed by atoms with Crippen LogP contribution in [0.25, 0.3) is 0 Å². The van der Waals surface area contributed by atoms with Gasteiger partial charge in [0.1, 0.15) is 6.10 Å². The van der Waals surface area contributed by atoms with Crippen molar-refractivity contribution >= 4 is 17.6 Å². The third kappa shape index (κ3) is 3.30. The lowest BCUT2D eigenvalue weighted by Gasteiger charge is -2.32. The van der Waals surface area contributed by atoms with Crippen LogP contribution in [0.5, 0.6) is 0 Å². The summed E-state index contributed by atoms with van der Waals surface area (Å²) in [5.74, 6) is 0.193. The van der Waals surface area contributed by atoms with E-state index in [0.29, 0.717) is 16.5 Å². The molecule has 0 bridgehead atoms. The molecule has 0 saturated heterocycles. The molecular formula is C21H25ClO2. The maximum atomic E-state index is 12.5. The van der Waals surface area contributed by atoms with Crippen LogP contribution in [-0.2, 0) is 4.74 Å². The lowest BCUT2D eigenvalue weighted by atomic mass is 9.80. The monoisotopic (exact) mass is 344 g/mol. The van der Waals surface area contributed by atoms with E-state index in [0.717, 1.165) is 19.3 Å². The van der Waals surface area contributed by atoms with Gasteiger partial charge in [0.05, 0.1) is 5.56 Å². The van der Waals surface area contributed by atoms with E-state index in [9.17, 15) is 4.79 Å². The lowest BCUT2D eigenvalue weighted by Crippen LogP contribution is -2.33. The van der Waals surface area contributed by atoms with Crippen LogP contribution in [0.3, 0.4) is 0 Å². The fourth-order valence-electron chi connectivity index (χ4n) is 3.96. The Morgan fingerprint density at radius 1 is 1.29 bits per heavy atom. The Kier molecular flexibility index (Phi) is 4.61. The number of benzene rings is 1. The van der Waals surface area contributed by atoms with Crippen molar-refractivity contribution in [1.82, 2.24) is 0 Å². The van der Waals surface area contributed by atoms with Crippen LogP contribution in [0, 0.1) is 11.3 Å².